The molecule has 23 heavy (non-hydrogen) atoms. The van der Waals surface area contributed by atoms with E-state index in [1.54, 1.807) is 0 Å². The maximum absolute atomic E-state index is 9.21. The van der Waals surface area contributed by atoms with Crippen LogP contribution >= 0.6 is 0 Å². The van der Waals surface area contributed by atoms with Crippen LogP contribution in [-0.4, -0.2) is 21.5 Å². The van der Waals surface area contributed by atoms with E-state index in [0.29, 0.717) is 11.7 Å². The van der Waals surface area contributed by atoms with Crippen LogP contribution in [0.5, 0.6) is 0 Å². The van der Waals surface area contributed by atoms with Gasteiger partial charge in [0.1, 0.15) is 23.4 Å². The van der Waals surface area contributed by atoms with E-state index in [-0.39, 0.29) is 5.54 Å². The predicted octanol–water partition coefficient (Wildman–Crippen LogP) is 3.82. The number of rotatable bonds is 4. The van der Waals surface area contributed by atoms with Gasteiger partial charge in [-0.25, -0.2) is 9.97 Å². The highest BCUT2D eigenvalue weighted by Gasteiger charge is 2.37. The minimum absolute atomic E-state index is 0.121. The summed E-state index contributed by atoms with van der Waals surface area (Å²) in [5.74, 6) is 1.70. The molecule has 0 aliphatic heterocycles. The second kappa shape index (κ2) is 5.38. The minimum atomic E-state index is 0.121. The van der Waals surface area contributed by atoms with Crippen LogP contribution in [0.2, 0.25) is 0 Å². The largest absolute Gasteiger partial charge is 0.367 e. The van der Waals surface area contributed by atoms with Crippen LogP contribution < -0.4 is 10.6 Å². The first kappa shape index (κ1) is 14.3. The summed E-state index contributed by atoms with van der Waals surface area (Å²) in [4.78, 5) is 9.01. The Morgan fingerprint density at radius 1 is 1.26 bits per heavy atom. The van der Waals surface area contributed by atoms with E-state index in [1.165, 1.54) is 25.7 Å². The van der Waals surface area contributed by atoms with Gasteiger partial charge in [0.15, 0.2) is 0 Å². The zero-order valence-electron chi connectivity index (χ0n) is 13.4. The lowest BCUT2D eigenvalue weighted by Gasteiger charge is -2.17. The number of nitrogens with one attached hydrogen (secondary N) is 2. The molecule has 2 N–H and O–H groups in total. The van der Waals surface area contributed by atoms with Crippen molar-refractivity contribution >= 4 is 22.4 Å². The van der Waals surface area contributed by atoms with E-state index in [1.807, 2.05) is 12.3 Å². The summed E-state index contributed by atoms with van der Waals surface area (Å²) >= 11 is 0. The highest BCUT2D eigenvalue weighted by Crippen LogP contribution is 2.39. The quantitative estimate of drug-likeness (QED) is 0.898. The van der Waals surface area contributed by atoms with Crippen LogP contribution in [-0.2, 0) is 0 Å². The van der Waals surface area contributed by atoms with Crippen molar-refractivity contribution in [3.63, 3.8) is 0 Å². The molecule has 0 atom stereocenters. The molecule has 5 nitrogen and oxygen atoms in total. The van der Waals surface area contributed by atoms with E-state index in [0.717, 1.165) is 35.2 Å². The lowest BCUT2D eigenvalue weighted by molar-refractivity contribution is 0.751. The molecule has 2 saturated carbocycles. The predicted molar refractivity (Wildman–Crippen MR) is 91.4 cm³/mol. The molecule has 0 amide bonds. The molecule has 2 fully saturated rings. The van der Waals surface area contributed by atoms with Gasteiger partial charge in [0.25, 0.3) is 0 Å². The Kier molecular flexibility index (Phi) is 3.33. The maximum atomic E-state index is 9.21. The van der Waals surface area contributed by atoms with Crippen molar-refractivity contribution in [3.8, 4) is 6.07 Å². The van der Waals surface area contributed by atoms with Gasteiger partial charge >= 0.3 is 0 Å². The fraction of sp³-hybridized carbons (Fsp3) is 0.500. The molecule has 2 aromatic heterocycles. The van der Waals surface area contributed by atoms with Gasteiger partial charge < -0.3 is 10.6 Å². The topological polar surface area (TPSA) is 73.6 Å². The number of pyridine rings is 2. The number of hydrogen-bond acceptors (Lipinski definition) is 5. The van der Waals surface area contributed by atoms with Gasteiger partial charge in [-0.05, 0) is 44.7 Å². The summed E-state index contributed by atoms with van der Waals surface area (Å²) in [5, 5.41) is 18.2. The first-order valence-electron chi connectivity index (χ1n) is 8.41. The molecular weight excluding hydrogens is 286 g/mol. The van der Waals surface area contributed by atoms with Crippen molar-refractivity contribution in [2.24, 2.45) is 0 Å². The fourth-order valence-electron chi connectivity index (χ4n) is 3.26. The smallest absolute Gasteiger partial charge is 0.143 e. The fourth-order valence-corrected chi connectivity index (χ4v) is 3.26. The van der Waals surface area contributed by atoms with E-state index in [4.69, 9.17) is 0 Å². The van der Waals surface area contributed by atoms with Crippen LogP contribution in [0.25, 0.3) is 10.8 Å². The average Bonchev–Trinajstić information content (AvgIpc) is 3.06. The SMILES string of the molecule is CC1(Nc2nc(C#N)cc3cnc(NC4CCCC4)cc23)CC1. The van der Waals surface area contributed by atoms with Gasteiger partial charge in [-0.3, -0.25) is 0 Å². The first-order valence-corrected chi connectivity index (χ1v) is 8.41. The summed E-state index contributed by atoms with van der Waals surface area (Å²) in [6.45, 7) is 2.19. The molecule has 5 heteroatoms. The van der Waals surface area contributed by atoms with Crippen molar-refractivity contribution in [1.29, 1.82) is 5.26 Å². The average molecular weight is 307 g/mol. The molecule has 0 aromatic carbocycles. The number of anilines is 2. The van der Waals surface area contributed by atoms with Crippen molar-refractivity contribution in [2.45, 2.75) is 57.0 Å². The normalized spacial score (nSPS) is 19.5. The lowest BCUT2D eigenvalue weighted by atomic mass is 10.1. The van der Waals surface area contributed by atoms with Gasteiger partial charge in [0, 0.05) is 28.6 Å². The summed E-state index contributed by atoms with van der Waals surface area (Å²) in [6, 6.07) is 6.55. The third kappa shape index (κ3) is 2.94. The molecule has 0 bridgehead atoms. The van der Waals surface area contributed by atoms with Gasteiger partial charge in [-0.15, -0.1) is 0 Å². The number of fused-ring (bicyclic) bond motifs is 1. The Morgan fingerprint density at radius 3 is 2.74 bits per heavy atom. The molecule has 2 aliphatic rings. The van der Waals surface area contributed by atoms with Gasteiger partial charge in [0.05, 0.1) is 0 Å². The lowest BCUT2D eigenvalue weighted by Crippen LogP contribution is -2.18. The van der Waals surface area contributed by atoms with Crippen LogP contribution in [0.3, 0.4) is 0 Å². The zero-order valence-corrected chi connectivity index (χ0v) is 13.4. The minimum Gasteiger partial charge on any atom is -0.367 e. The first-order chi connectivity index (χ1) is 11.1. The zero-order chi connectivity index (χ0) is 15.9. The highest BCUT2D eigenvalue weighted by molar-refractivity contribution is 5.94. The summed E-state index contributed by atoms with van der Waals surface area (Å²) < 4.78 is 0. The van der Waals surface area contributed by atoms with Crippen molar-refractivity contribution < 1.29 is 0 Å². The van der Waals surface area contributed by atoms with Crippen LogP contribution in [0.1, 0.15) is 51.1 Å². The molecule has 0 radical (unpaired) electrons. The van der Waals surface area contributed by atoms with E-state index < -0.39 is 0 Å². The summed E-state index contributed by atoms with van der Waals surface area (Å²) in [5.41, 5.74) is 0.554. The van der Waals surface area contributed by atoms with Gasteiger partial charge in [-0.2, -0.15) is 5.26 Å². The van der Waals surface area contributed by atoms with E-state index in [2.05, 4.69) is 39.7 Å². The number of nitrogens with zero attached hydrogens (tertiary/aromatic N) is 3. The third-order valence-electron chi connectivity index (χ3n) is 4.96. The van der Waals surface area contributed by atoms with Crippen LogP contribution in [0.15, 0.2) is 18.3 Å². The van der Waals surface area contributed by atoms with Crippen molar-refractivity contribution in [2.75, 3.05) is 10.6 Å². The van der Waals surface area contributed by atoms with Crippen LogP contribution in [0.4, 0.5) is 11.6 Å². The molecular formula is C18H21N5. The second-order valence-corrected chi connectivity index (χ2v) is 7.07. The molecule has 2 aromatic rings. The van der Waals surface area contributed by atoms with Gasteiger partial charge in [0.2, 0.25) is 0 Å². The Labute approximate surface area is 136 Å². The number of hydrogen-bond donors (Lipinski definition) is 2. The highest BCUT2D eigenvalue weighted by atomic mass is 15.1. The molecule has 2 aliphatic carbocycles. The molecule has 118 valence electrons. The molecule has 4 rings (SSSR count). The Hall–Kier alpha value is -2.35. The number of nitriles is 1. The molecule has 0 unspecified atom stereocenters. The van der Waals surface area contributed by atoms with E-state index in [9.17, 15) is 5.26 Å². The van der Waals surface area contributed by atoms with Gasteiger partial charge in [-0.1, -0.05) is 12.8 Å². The third-order valence-corrected chi connectivity index (χ3v) is 4.96. The van der Waals surface area contributed by atoms with Crippen LogP contribution in [0, 0.1) is 11.3 Å². The van der Waals surface area contributed by atoms with E-state index >= 15 is 0 Å². The Bertz CT molecular complexity index is 782. The molecule has 0 saturated heterocycles. The second-order valence-electron chi connectivity index (χ2n) is 7.07. The maximum Gasteiger partial charge on any atom is 0.143 e. The standard InChI is InChI=1S/C18H21N5/c1-18(6-7-18)23-17-15-9-16(21-13-4-2-3-5-13)20-11-12(15)8-14(10-19)22-17/h8-9,11,13H,2-7H2,1H3,(H,20,21)(H,22,23). The van der Waals surface area contributed by atoms with Crippen molar-refractivity contribution in [3.05, 3.63) is 24.0 Å². The van der Waals surface area contributed by atoms with Crippen molar-refractivity contribution in [1.82, 2.24) is 9.97 Å². The summed E-state index contributed by atoms with van der Waals surface area (Å²) in [6.07, 6.45) is 9.15. The molecule has 2 heterocycles. The monoisotopic (exact) mass is 307 g/mol. The molecule has 0 spiro atoms. The summed E-state index contributed by atoms with van der Waals surface area (Å²) in [7, 11) is 0. The Morgan fingerprint density at radius 2 is 2.04 bits per heavy atom. The number of aromatic nitrogens is 2. The Balaban J connectivity index is 1.72.